The normalized spacial score (nSPS) is 18.9. The lowest BCUT2D eigenvalue weighted by molar-refractivity contribution is -0.137. The number of nitriles is 1. The van der Waals surface area contributed by atoms with Crippen molar-refractivity contribution in [3.05, 3.63) is 29.3 Å². The van der Waals surface area contributed by atoms with Gasteiger partial charge in [-0.3, -0.25) is 4.79 Å². The fourth-order valence-corrected chi connectivity index (χ4v) is 2.40. The Morgan fingerprint density at radius 2 is 2.19 bits per heavy atom. The first-order valence-electron chi connectivity index (χ1n) is 6.54. The molecule has 0 aromatic heterocycles. The molecule has 0 aliphatic carbocycles. The Morgan fingerprint density at radius 1 is 1.48 bits per heavy atom. The van der Waals surface area contributed by atoms with E-state index in [1.54, 1.807) is 0 Å². The first-order chi connectivity index (χ1) is 9.88. The van der Waals surface area contributed by atoms with Crippen LogP contribution in [0.4, 0.5) is 18.9 Å². The standard InChI is InChI=1S/C14H14F3N3O/c1-2-19-12-5-6-20(13(12)21)10-4-3-9(8-18)11(7-10)14(15,16)17/h3-4,7,12,19H,2,5-6H2,1H3. The van der Waals surface area contributed by atoms with Gasteiger partial charge in [0.05, 0.1) is 23.2 Å². The smallest absolute Gasteiger partial charge is 0.311 e. The molecule has 7 heteroatoms. The van der Waals surface area contributed by atoms with Crippen LogP contribution in [-0.4, -0.2) is 25.0 Å². The summed E-state index contributed by atoms with van der Waals surface area (Å²) < 4.78 is 38.8. The van der Waals surface area contributed by atoms with E-state index in [-0.39, 0.29) is 17.6 Å². The van der Waals surface area contributed by atoms with E-state index in [0.717, 1.165) is 12.1 Å². The SMILES string of the molecule is CCNC1CCN(c2ccc(C#N)c(C(F)(F)F)c2)C1=O. The number of amides is 1. The van der Waals surface area contributed by atoms with Gasteiger partial charge in [-0.15, -0.1) is 0 Å². The molecule has 112 valence electrons. The molecule has 4 nitrogen and oxygen atoms in total. The Labute approximate surface area is 120 Å². The monoisotopic (exact) mass is 297 g/mol. The number of alkyl halides is 3. The maximum Gasteiger partial charge on any atom is 0.417 e. The van der Waals surface area contributed by atoms with Gasteiger partial charge in [0.2, 0.25) is 5.91 Å². The van der Waals surface area contributed by atoms with E-state index in [1.807, 2.05) is 6.92 Å². The van der Waals surface area contributed by atoms with Crippen molar-refractivity contribution in [2.24, 2.45) is 0 Å². The molecule has 1 aromatic rings. The van der Waals surface area contributed by atoms with Crippen molar-refractivity contribution >= 4 is 11.6 Å². The summed E-state index contributed by atoms with van der Waals surface area (Å²) in [7, 11) is 0. The van der Waals surface area contributed by atoms with E-state index < -0.39 is 17.3 Å². The topological polar surface area (TPSA) is 56.1 Å². The molecule has 0 bridgehead atoms. The summed E-state index contributed by atoms with van der Waals surface area (Å²) in [5.74, 6) is -0.241. The van der Waals surface area contributed by atoms with Crippen LogP contribution in [0.5, 0.6) is 0 Å². The zero-order valence-corrected chi connectivity index (χ0v) is 11.4. The average molecular weight is 297 g/mol. The summed E-state index contributed by atoms with van der Waals surface area (Å²) in [5, 5.41) is 11.8. The number of halogens is 3. The molecule has 1 aromatic carbocycles. The number of rotatable bonds is 3. The van der Waals surface area contributed by atoms with Crippen LogP contribution in [-0.2, 0) is 11.0 Å². The number of likely N-dealkylation sites (N-methyl/N-ethyl adjacent to an activating group) is 1. The maximum absolute atomic E-state index is 12.9. The second-order valence-corrected chi connectivity index (χ2v) is 4.73. The van der Waals surface area contributed by atoms with Crippen LogP contribution in [0.25, 0.3) is 0 Å². The second-order valence-electron chi connectivity index (χ2n) is 4.73. The molecule has 0 spiro atoms. The highest BCUT2D eigenvalue weighted by Gasteiger charge is 2.36. The number of carbonyl (C=O) groups is 1. The van der Waals surface area contributed by atoms with Gasteiger partial charge >= 0.3 is 6.18 Å². The van der Waals surface area contributed by atoms with E-state index in [1.165, 1.54) is 17.0 Å². The van der Waals surface area contributed by atoms with Crippen molar-refractivity contribution < 1.29 is 18.0 Å². The molecule has 1 fully saturated rings. The highest BCUT2D eigenvalue weighted by molar-refractivity contribution is 5.99. The second kappa shape index (κ2) is 5.74. The van der Waals surface area contributed by atoms with Crippen LogP contribution in [0.1, 0.15) is 24.5 Å². The molecule has 2 rings (SSSR count). The van der Waals surface area contributed by atoms with Gasteiger partial charge < -0.3 is 10.2 Å². The van der Waals surface area contributed by atoms with Crippen molar-refractivity contribution in [2.75, 3.05) is 18.0 Å². The summed E-state index contributed by atoms with van der Waals surface area (Å²) >= 11 is 0. The van der Waals surface area contributed by atoms with Gasteiger partial charge in [0, 0.05) is 12.2 Å². The predicted molar refractivity (Wildman–Crippen MR) is 70.6 cm³/mol. The maximum atomic E-state index is 12.9. The fraction of sp³-hybridized carbons (Fsp3) is 0.429. The molecule has 1 atom stereocenters. The van der Waals surface area contributed by atoms with Crippen LogP contribution in [0.3, 0.4) is 0 Å². The van der Waals surface area contributed by atoms with Crippen molar-refractivity contribution in [1.29, 1.82) is 5.26 Å². The lowest BCUT2D eigenvalue weighted by Crippen LogP contribution is -2.38. The van der Waals surface area contributed by atoms with Crippen molar-refractivity contribution in [3.63, 3.8) is 0 Å². The molecule has 0 saturated carbocycles. The Hall–Kier alpha value is -2.07. The van der Waals surface area contributed by atoms with Gasteiger partial charge in [0.15, 0.2) is 0 Å². The number of benzene rings is 1. The summed E-state index contributed by atoms with van der Waals surface area (Å²) in [6.07, 6.45) is -4.07. The van der Waals surface area contributed by atoms with Crippen LogP contribution in [0.2, 0.25) is 0 Å². The zero-order valence-electron chi connectivity index (χ0n) is 11.4. The fourth-order valence-electron chi connectivity index (χ4n) is 2.40. The number of hydrogen-bond acceptors (Lipinski definition) is 3. The van der Waals surface area contributed by atoms with Crippen LogP contribution in [0, 0.1) is 11.3 Å². The number of nitrogens with one attached hydrogen (secondary N) is 1. The van der Waals surface area contributed by atoms with Gasteiger partial charge in [-0.1, -0.05) is 6.92 Å². The molecule has 1 heterocycles. The lowest BCUT2D eigenvalue weighted by atomic mass is 10.1. The lowest BCUT2D eigenvalue weighted by Gasteiger charge is -2.19. The van der Waals surface area contributed by atoms with Gasteiger partial charge in [-0.05, 0) is 31.2 Å². The number of hydrogen-bond donors (Lipinski definition) is 1. The Bertz CT molecular complexity index is 592. The number of anilines is 1. The Morgan fingerprint density at radius 3 is 2.76 bits per heavy atom. The number of nitrogens with zero attached hydrogens (tertiary/aromatic N) is 2. The highest BCUT2D eigenvalue weighted by atomic mass is 19.4. The zero-order chi connectivity index (χ0) is 15.6. The Kier molecular flexibility index (Phi) is 4.19. The average Bonchev–Trinajstić information content (AvgIpc) is 2.79. The summed E-state index contributed by atoms with van der Waals surface area (Å²) in [6.45, 7) is 2.84. The minimum atomic E-state index is -4.62. The minimum Gasteiger partial charge on any atom is -0.311 e. The largest absolute Gasteiger partial charge is 0.417 e. The van der Waals surface area contributed by atoms with Crippen molar-refractivity contribution in [3.8, 4) is 6.07 Å². The molecule has 1 aliphatic rings. The Balaban J connectivity index is 2.34. The molecule has 21 heavy (non-hydrogen) atoms. The van der Waals surface area contributed by atoms with Gasteiger partial charge in [-0.2, -0.15) is 18.4 Å². The van der Waals surface area contributed by atoms with Crippen molar-refractivity contribution in [1.82, 2.24) is 5.32 Å². The van der Waals surface area contributed by atoms with Crippen LogP contribution in [0.15, 0.2) is 18.2 Å². The van der Waals surface area contributed by atoms with Gasteiger partial charge in [-0.25, -0.2) is 0 Å². The van der Waals surface area contributed by atoms with E-state index >= 15 is 0 Å². The molecule has 1 unspecified atom stereocenters. The summed E-state index contributed by atoms with van der Waals surface area (Å²) in [4.78, 5) is 13.5. The first-order valence-corrected chi connectivity index (χ1v) is 6.54. The van der Waals surface area contributed by atoms with E-state index in [2.05, 4.69) is 5.32 Å². The van der Waals surface area contributed by atoms with Gasteiger partial charge in [0.25, 0.3) is 0 Å². The highest BCUT2D eigenvalue weighted by Crippen LogP contribution is 2.35. The molecule has 1 amide bonds. The third-order valence-corrected chi connectivity index (χ3v) is 3.40. The van der Waals surface area contributed by atoms with Crippen molar-refractivity contribution in [2.45, 2.75) is 25.6 Å². The van der Waals surface area contributed by atoms with Gasteiger partial charge in [0.1, 0.15) is 0 Å². The molecule has 1 N–H and O–H groups in total. The third-order valence-electron chi connectivity index (χ3n) is 3.40. The molecule has 1 aliphatic heterocycles. The molecule has 1 saturated heterocycles. The van der Waals surface area contributed by atoms with E-state index in [9.17, 15) is 18.0 Å². The summed E-state index contributed by atoms with van der Waals surface area (Å²) in [6, 6.07) is 4.51. The summed E-state index contributed by atoms with van der Waals surface area (Å²) in [5.41, 5.74) is -1.28. The minimum absolute atomic E-state index is 0.173. The third kappa shape index (κ3) is 3.00. The molecular weight excluding hydrogens is 283 g/mol. The van der Waals surface area contributed by atoms with E-state index in [4.69, 9.17) is 5.26 Å². The first kappa shape index (κ1) is 15.3. The van der Waals surface area contributed by atoms with Crippen LogP contribution < -0.4 is 10.2 Å². The van der Waals surface area contributed by atoms with E-state index in [0.29, 0.717) is 19.5 Å². The van der Waals surface area contributed by atoms with Crippen LogP contribution >= 0.6 is 0 Å². The quantitative estimate of drug-likeness (QED) is 0.931. The predicted octanol–water partition coefficient (Wildman–Crippen LogP) is 2.29. The number of carbonyl (C=O) groups excluding carboxylic acids is 1. The molecule has 0 radical (unpaired) electrons. The molecular formula is C14H14F3N3O.